The van der Waals surface area contributed by atoms with Gasteiger partial charge in [0.25, 0.3) is 0 Å². The summed E-state index contributed by atoms with van der Waals surface area (Å²) in [6, 6.07) is 10.0. The SMILES string of the molecule is CC(C)(O)C(C)(C)NC(=O)CCSc1ccccc1. The zero-order chi connectivity index (χ0) is 14.5. The first-order valence-corrected chi connectivity index (χ1v) is 7.42. The second kappa shape index (κ2) is 6.44. The Labute approximate surface area is 119 Å². The van der Waals surface area contributed by atoms with Gasteiger partial charge in [0.2, 0.25) is 5.91 Å². The van der Waals surface area contributed by atoms with Gasteiger partial charge in [0.1, 0.15) is 0 Å². The van der Waals surface area contributed by atoms with Crippen LogP contribution in [0.15, 0.2) is 35.2 Å². The van der Waals surface area contributed by atoms with Crippen LogP contribution in [0.4, 0.5) is 0 Å². The Morgan fingerprint density at radius 1 is 1.21 bits per heavy atom. The molecule has 1 rings (SSSR count). The highest BCUT2D eigenvalue weighted by molar-refractivity contribution is 7.99. The van der Waals surface area contributed by atoms with Crippen LogP contribution in [0.1, 0.15) is 34.1 Å². The molecule has 1 aromatic rings. The van der Waals surface area contributed by atoms with Crippen LogP contribution >= 0.6 is 11.8 Å². The number of hydrogen-bond donors (Lipinski definition) is 2. The number of nitrogens with one attached hydrogen (secondary N) is 1. The summed E-state index contributed by atoms with van der Waals surface area (Å²) >= 11 is 1.66. The molecular weight excluding hydrogens is 258 g/mol. The normalized spacial score (nSPS) is 12.3. The van der Waals surface area contributed by atoms with Gasteiger partial charge in [-0.15, -0.1) is 11.8 Å². The van der Waals surface area contributed by atoms with E-state index in [0.717, 1.165) is 10.6 Å². The Morgan fingerprint density at radius 3 is 2.32 bits per heavy atom. The lowest BCUT2D eigenvalue weighted by atomic mass is 9.86. The van der Waals surface area contributed by atoms with Crippen molar-refractivity contribution in [1.29, 1.82) is 0 Å². The molecule has 0 spiro atoms. The van der Waals surface area contributed by atoms with Gasteiger partial charge in [0, 0.05) is 17.1 Å². The van der Waals surface area contributed by atoms with Crippen LogP contribution in [0, 0.1) is 0 Å². The topological polar surface area (TPSA) is 49.3 Å². The molecule has 1 amide bonds. The third kappa shape index (κ3) is 5.25. The molecule has 0 saturated carbocycles. The van der Waals surface area contributed by atoms with Crippen molar-refractivity contribution in [3.8, 4) is 0 Å². The second-order valence-corrected chi connectivity index (χ2v) is 6.81. The Hall–Kier alpha value is -1.00. The lowest BCUT2D eigenvalue weighted by molar-refractivity contribution is -0.125. The third-order valence-corrected chi connectivity index (χ3v) is 4.34. The van der Waals surface area contributed by atoms with E-state index < -0.39 is 11.1 Å². The van der Waals surface area contributed by atoms with E-state index in [0.29, 0.717) is 6.42 Å². The zero-order valence-electron chi connectivity index (χ0n) is 12.1. The molecule has 0 fully saturated rings. The van der Waals surface area contributed by atoms with Gasteiger partial charge in [-0.1, -0.05) is 18.2 Å². The molecule has 0 bridgehead atoms. The summed E-state index contributed by atoms with van der Waals surface area (Å²) in [7, 11) is 0. The van der Waals surface area contributed by atoms with Crippen LogP contribution in [0.2, 0.25) is 0 Å². The van der Waals surface area contributed by atoms with E-state index in [2.05, 4.69) is 5.32 Å². The summed E-state index contributed by atoms with van der Waals surface area (Å²) in [5, 5.41) is 12.9. The smallest absolute Gasteiger partial charge is 0.221 e. The Bertz CT molecular complexity index is 410. The van der Waals surface area contributed by atoms with E-state index in [1.165, 1.54) is 0 Å². The molecule has 0 aliphatic heterocycles. The van der Waals surface area contributed by atoms with Crippen LogP contribution in [-0.2, 0) is 4.79 Å². The number of rotatable bonds is 6. The van der Waals surface area contributed by atoms with Gasteiger partial charge in [-0.2, -0.15) is 0 Å². The molecule has 4 heteroatoms. The quantitative estimate of drug-likeness (QED) is 0.788. The number of hydrogen-bond acceptors (Lipinski definition) is 3. The highest BCUT2D eigenvalue weighted by Gasteiger charge is 2.36. The molecule has 3 nitrogen and oxygen atoms in total. The summed E-state index contributed by atoms with van der Waals surface area (Å²) in [5.41, 5.74) is -1.59. The molecule has 106 valence electrons. The van der Waals surface area contributed by atoms with Crippen molar-refractivity contribution < 1.29 is 9.90 Å². The van der Waals surface area contributed by atoms with E-state index in [-0.39, 0.29) is 5.91 Å². The van der Waals surface area contributed by atoms with E-state index in [4.69, 9.17) is 0 Å². The molecule has 19 heavy (non-hydrogen) atoms. The lowest BCUT2D eigenvalue weighted by Crippen LogP contribution is -2.57. The van der Waals surface area contributed by atoms with E-state index in [1.54, 1.807) is 25.6 Å². The maximum atomic E-state index is 11.9. The summed E-state index contributed by atoms with van der Waals surface area (Å²) in [6.45, 7) is 7.06. The summed E-state index contributed by atoms with van der Waals surface area (Å²) in [4.78, 5) is 13.0. The maximum absolute atomic E-state index is 11.9. The van der Waals surface area contributed by atoms with Gasteiger partial charge in [0.05, 0.1) is 11.1 Å². The van der Waals surface area contributed by atoms with Crippen molar-refractivity contribution in [2.75, 3.05) is 5.75 Å². The fraction of sp³-hybridized carbons (Fsp3) is 0.533. The van der Waals surface area contributed by atoms with Crippen molar-refractivity contribution >= 4 is 17.7 Å². The molecule has 0 atom stereocenters. The number of benzene rings is 1. The average Bonchev–Trinajstić information content (AvgIpc) is 2.28. The standard InChI is InChI=1S/C15H23NO2S/c1-14(2,15(3,4)18)16-13(17)10-11-19-12-8-6-5-7-9-12/h5-9,18H,10-11H2,1-4H3,(H,16,17). The summed E-state index contributed by atoms with van der Waals surface area (Å²) in [6.07, 6.45) is 0.444. The molecular formula is C15H23NO2S. The summed E-state index contributed by atoms with van der Waals surface area (Å²) < 4.78 is 0. The van der Waals surface area contributed by atoms with Crippen LogP contribution in [-0.4, -0.2) is 27.9 Å². The third-order valence-electron chi connectivity index (χ3n) is 3.32. The minimum absolute atomic E-state index is 0.0319. The first-order valence-electron chi connectivity index (χ1n) is 6.43. The Kier molecular flexibility index (Phi) is 5.44. The van der Waals surface area contributed by atoms with Gasteiger partial charge in [-0.3, -0.25) is 4.79 Å². The van der Waals surface area contributed by atoms with E-state index in [1.807, 2.05) is 44.2 Å². The zero-order valence-corrected chi connectivity index (χ0v) is 12.9. The molecule has 2 N–H and O–H groups in total. The molecule has 0 unspecified atom stereocenters. The van der Waals surface area contributed by atoms with Gasteiger partial charge >= 0.3 is 0 Å². The first-order chi connectivity index (χ1) is 8.72. The molecule has 1 aromatic carbocycles. The average molecular weight is 281 g/mol. The minimum Gasteiger partial charge on any atom is -0.388 e. The van der Waals surface area contributed by atoms with Crippen molar-refractivity contribution in [2.24, 2.45) is 0 Å². The van der Waals surface area contributed by atoms with Crippen molar-refractivity contribution in [3.63, 3.8) is 0 Å². The number of carbonyl (C=O) groups excluding carboxylic acids is 1. The second-order valence-electron chi connectivity index (χ2n) is 5.64. The molecule has 0 aliphatic rings. The molecule has 0 aromatic heterocycles. The Morgan fingerprint density at radius 2 is 1.79 bits per heavy atom. The number of carbonyl (C=O) groups is 1. The fourth-order valence-electron chi connectivity index (χ4n) is 1.34. The Balaban J connectivity index is 2.37. The highest BCUT2D eigenvalue weighted by atomic mass is 32.2. The van der Waals surface area contributed by atoms with Gasteiger partial charge in [0.15, 0.2) is 0 Å². The number of thioether (sulfide) groups is 1. The van der Waals surface area contributed by atoms with E-state index >= 15 is 0 Å². The molecule has 0 heterocycles. The monoisotopic (exact) mass is 281 g/mol. The van der Waals surface area contributed by atoms with Gasteiger partial charge in [-0.25, -0.2) is 0 Å². The summed E-state index contributed by atoms with van der Waals surface area (Å²) in [5.74, 6) is 0.702. The van der Waals surface area contributed by atoms with Crippen LogP contribution in [0.5, 0.6) is 0 Å². The van der Waals surface area contributed by atoms with Gasteiger partial charge in [-0.05, 0) is 39.8 Å². The first kappa shape index (κ1) is 16.1. The van der Waals surface area contributed by atoms with Crippen LogP contribution < -0.4 is 5.32 Å². The van der Waals surface area contributed by atoms with Gasteiger partial charge < -0.3 is 10.4 Å². The fourth-order valence-corrected chi connectivity index (χ4v) is 2.22. The van der Waals surface area contributed by atoms with Crippen molar-refractivity contribution in [2.45, 2.75) is 50.2 Å². The number of aliphatic hydroxyl groups is 1. The molecule has 0 radical (unpaired) electrons. The predicted octanol–water partition coefficient (Wildman–Crippen LogP) is 2.83. The lowest BCUT2D eigenvalue weighted by Gasteiger charge is -2.38. The van der Waals surface area contributed by atoms with Crippen molar-refractivity contribution in [3.05, 3.63) is 30.3 Å². The maximum Gasteiger partial charge on any atom is 0.221 e. The molecule has 0 aliphatic carbocycles. The van der Waals surface area contributed by atoms with Crippen molar-refractivity contribution in [1.82, 2.24) is 5.32 Å². The predicted molar refractivity (Wildman–Crippen MR) is 80.3 cm³/mol. The highest BCUT2D eigenvalue weighted by Crippen LogP contribution is 2.21. The largest absolute Gasteiger partial charge is 0.388 e. The minimum atomic E-state index is -0.949. The molecule has 0 saturated heterocycles. The number of amides is 1. The van der Waals surface area contributed by atoms with Crippen LogP contribution in [0.25, 0.3) is 0 Å². The van der Waals surface area contributed by atoms with Crippen LogP contribution in [0.3, 0.4) is 0 Å². The van der Waals surface area contributed by atoms with E-state index in [9.17, 15) is 9.90 Å².